The van der Waals surface area contributed by atoms with Crippen molar-refractivity contribution in [3.05, 3.63) is 83.6 Å². The summed E-state index contributed by atoms with van der Waals surface area (Å²) in [5, 5.41) is 0. The molecule has 0 aliphatic carbocycles. The lowest BCUT2D eigenvalue weighted by molar-refractivity contribution is -0.164. The number of nitrogens with zero attached hydrogens (tertiary/aromatic N) is 2. The molecular weight excluding hydrogens is 430 g/mol. The van der Waals surface area contributed by atoms with Crippen LogP contribution in [0.15, 0.2) is 77.4 Å². The van der Waals surface area contributed by atoms with Crippen LogP contribution in [0.5, 0.6) is 0 Å². The average Bonchev–Trinajstić information content (AvgIpc) is 3.35. The molecule has 3 aliphatic rings. The van der Waals surface area contributed by atoms with Crippen molar-refractivity contribution in [1.29, 1.82) is 0 Å². The highest BCUT2D eigenvalue weighted by molar-refractivity contribution is 5.79. The molecule has 3 aliphatic heterocycles. The van der Waals surface area contributed by atoms with Gasteiger partial charge in [-0.25, -0.2) is 4.99 Å². The largest absolute Gasteiger partial charge is 0.454 e. The first-order valence-corrected chi connectivity index (χ1v) is 12.0. The molecule has 34 heavy (non-hydrogen) atoms. The van der Waals surface area contributed by atoms with E-state index >= 15 is 0 Å². The molecule has 5 rings (SSSR count). The summed E-state index contributed by atoms with van der Waals surface area (Å²) in [6.07, 6.45) is 2.65. The molecule has 0 radical (unpaired) electrons. The van der Waals surface area contributed by atoms with E-state index in [1.54, 1.807) is 0 Å². The van der Waals surface area contributed by atoms with Crippen LogP contribution in [-0.2, 0) is 32.2 Å². The molecule has 2 N–H and O–H groups in total. The van der Waals surface area contributed by atoms with Crippen molar-refractivity contribution in [2.75, 3.05) is 19.7 Å². The van der Waals surface area contributed by atoms with Crippen molar-refractivity contribution >= 4 is 6.02 Å². The summed E-state index contributed by atoms with van der Waals surface area (Å²) in [6, 6.07) is 20.9. The van der Waals surface area contributed by atoms with E-state index in [1.165, 1.54) is 0 Å². The second-order valence-electron chi connectivity index (χ2n) is 9.23. The Hall–Kier alpha value is -2.71. The lowest BCUT2D eigenvalue weighted by atomic mass is 9.90. The predicted molar refractivity (Wildman–Crippen MR) is 130 cm³/mol. The number of hydrogen-bond donors (Lipinski definition) is 1. The maximum atomic E-state index is 6.80. The van der Waals surface area contributed by atoms with Gasteiger partial charge in [-0.1, -0.05) is 60.7 Å². The van der Waals surface area contributed by atoms with Gasteiger partial charge >= 0.3 is 0 Å². The van der Waals surface area contributed by atoms with Crippen molar-refractivity contribution in [2.45, 2.75) is 57.0 Å². The molecule has 3 heterocycles. The monoisotopic (exact) mass is 463 g/mol. The lowest BCUT2D eigenvalue weighted by Crippen LogP contribution is -2.49. The Labute approximate surface area is 201 Å². The van der Waals surface area contributed by atoms with Crippen molar-refractivity contribution in [1.82, 2.24) is 4.90 Å². The number of amidine groups is 1. The first kappa shape index (κ1) is 23.1. The van der Waals surface area contributed by atoms with Crippen molar-refractivity contribution in [3.63, 3.8) is 0 Å². The van der Waals surface area contributed by atoms with Gasteiger partial charge in [-0.05, 0) is 43.0 Å². The van der Waals surface area contributed by atoms with Gasteiger partial charge in [0.05, 0.1) is 26.4 Å². The highest BCUT2D eigenvalue weighted by Crippen LogP contribution is 2.44. The van der Waals surface area contributed by atoms with Crippen LogP contribution < -0.4 is 5.73 Å². The summed E-state index contributed by atoms with van der Waals surface area (Å²) < 4.78 is 26.0. The van der Waals surface area contributed by atoms with E-state index in [4.69, 9.17) is 24.7 Å². The van der Waals surface area contributed by atoms with Crippen molar-refractivity contribution in [2.24, 2.45) is 10.7 Å². The molecule has 2 saturated heterocycles. The van der Waals surface area contributed by atoms with E-state index in [0.29, 0.717) is 38.9 Å². The third-order valence-electron chi connectivity index (χ3n) is 6.55. The predicted octanol–water partition coefficient (Wildman–Crippen LogP) is 3.60. The zero-order chi connectivity index (χ0) is 23.4. The van der Waals surface area contributed by atoms with Gasteiger partial charge in [-0.15, -0.1) is 0 Å². The Morgan fingerprint density at radius 3 is 2.47 bits per heavy atom. The van der Waals surface area contributed by atoms with E-state index in [2.05, 4.69) is 42.4 Å². The van der Waals surface area contributed by atoms with Gasteiger partial charge < -0.3 is 24.7 Å². The van der Waals surface area contributed by atoms with Crippen LogP contribution >= 0.6 is 0 Å². The van der Waals surface area contributed by atoms with Gasteiger partial charge in [0.15, 0.2) is 12.3 Å². The standard InChI is InChI=1S/C27H33N3O4/c1-20-15-29-26-30(16-20)25-23(33-26)24(32-18-22-11-6-3-7-12-22)27(34-25,13-8-14-28)19-31-17-21-9-4-2-5-10-21/h2-7,9-12,16,23-25H,8,13-15,17-19,28H2,1H3/t23-,24-,25+,27+/m0/s1. The van der Waals surface area contributed by atoms with Crippen LogP contribution in [0.2, 0.25) is 0 Å². The number of nitrogens with two attached hydrogens (primary N) is 1. The average molecular weight is 464 g/mol. The highest BCUT2D eigenvalue weighted by Gasteiger charge is 2.62. The molecule has 0 bridgehead atoms. The fourth-order valence-electron chi connectivity index (χ4n) is 4.88. The Morgan fingerprint density at radius 2 is 1.76 bits per heavy atom. The number of fused-ring (bicyclic) bond motifs is 3. The van der Waals surface area contributed by atoms with E-state index in [-0.39, 0.29) is 18.4 Å². The first-order chi connectivity index (χ1) is 16.7. The fraction of sp³-hybridized carbons (Fsp3) is 0.444. The van der Waals surface area contributed by atoms with Crippen LogP contribution in [0, 0.1) is 0 Å². The maximum Gasteiger partial charge on any atom is 0.294 e. The summed E-state index contributed by atoms with van der Waals surface area (Å²) in [7, 11) is 0. The Kier molecular flexibility index (Phi) is 6.97. The van der Waals surface area contributed by atoms with Crippen LogP contribution in [0.3, 0.4) is 0 Å². The summed E-state index contributed by atoms with van der Waals surface area (Å²) in [4.78, 5) is 6.59. The minimum absolute atomic E-state index is 0.303. The van der Waals surface area contributed by atoms with Gasteiger partial charge in [0.2, 0.25) is 0 Å². The highest BCUT2D eigenvalue weighted by atomic mass is 16.7. The van der Waals surface area contributed by atoms with E-state index in [0.717, 1.165) is 29.5 Å². The molecule has 4 atom stereocenters. The molecule has 2 aromatic rings. The van der Waals surface area contributed by atoms with Gasteiger partial charge in [0.25, 0.3) is 6.02 Å². The third kappa shape index (κ3) is 4.74. The Balaban J connectivity index is 1.40. The maximum absolute atomic E-state index is 6.80. The van der Waals surface area contributed by atoms with Gasteiger partial charge in [-0.2, -0.15) is 0 Å². The van der Waals surface area contributed by atoms with Gasteiger partial charge in [-0.3, -0.25) is 4.90 Å². The second-order valence-corrected chi connectivity index (χ2v) is 9.23. The second kappa shape index (κ2) is 10.3. The Bertz CT molecular complexity index is 1010. The Morgan fingerprint density at radius 1 is 1.06 bits per heavy atom. The van der Waals surface area contributed by atoms with Crippen LogP contribution in [-0.4, -0.2) is 54.7 Å². The van der Waals surface area contributed by atoms with Crippen molar-refractivity contribution < 1.29 is 18.9 Å². The molecule has 7 nitrogen and oxygen atoms in total. The van der Waals surface area contributed by atoms with Crippen molar-refractivity contribution in [3.8, 4) is 0 Å². The fourth-order valence-corrected chi connectivity index (χ4v) is 4.88. The smallest absolute Gasteiger partial charge is 0.294 e. The normalized spacial score (nSPS) is 27.6. The zero-order valence-electron chi connectivity index (χ0n) is 19.6. The number of hydrogen-bond acceptors (Lipinski definition) is 7. The number of benzene rings is 2. The summed E-state index contributed by atoms with van der Waals surface area (Å²) in [5.74, 6) is 0. The number of ether oxygens (including phenoxy) is 4. The zero-order valence-corrected chi connectivity index (χ0v) is 19.6. The summed E-state index contributed by atoms with van der Waals surface area (Å²) in [5.41, 5.74) is 8.64. The van der Waals surface area contributed by atoms with Crippen LogP contribution in [0.25, 0.3) is 0 Å². The van der Waals surface area contributed by atoms with Crippen LogP contribution in [0.1, 0.15) is 30.9 Å². The minimum atomic E-state index is -0.678. The number of rotatable bonds is 10. The lowest BCUT2D eigenvalue weighted by Gasteiger charge is -2.36. The molecular formula is C27H33N3O4. The molecule has 2 aromatic carbocycles. The van der Waals surface area contributed by atoms with Gasteiger partial charge in [0, 0.05) is 6.20 Å². The van der Waals surface area contributed by atoms with Gasteiger partial charge in [0.1, 0.15) is 11.7 Å². The third-order valence-corrected chi connectivity index (χ3v) is 6.55. The molecule has 0 amide bonds. The molecule has 0 unspecified atom stereocenters. The molecule has 0 aromatic heterocycles. The summed E-state index contributed by atoms with van der Waals surface area (Å²) in [6.45, 7) is 4.63. The molecule has 0 spiro atoms. The van der Waals surface area contributed by atoms with E-state index in [1.807, 2.05) is 41.3 Å². The molecule has 2 fully saturated rings. The van der Waals surface area contributed by atoms with Crippen LogP contribution in [0.4, 0.5) is 0 Å². The SMILES string of the molecule is CC1=CN2C(=NC1)O[C@@H]1[C@H]2O[C@](CCCN)(COCc2ccccc2)[C@H]1OCc1ccccc1. The molecule has 0 saturated carbocycles. The quantitative estimate of drug-likeness (QED) is 0.580. The topological polar surface area (TPSA) is 78.5 Å². The first-order valence-electron chi connectivity index (χ1n) is 12.0. The van der Waals surface area contributed by atoms with E-state index < -0.39 is 5.60 Å². The molecule has 180 valence electrons. The summed E-state index contributed by atoms with van der Waals surface area (Å²) >= 11 is 0. The van der Waals surface area contributed by atoms with E-state index in [9.17, 15) is 0 Å². The molecule has 7 heteroatoms. The minimum Gasteiger partial charge on any atom is -0.454 e. The number of aliphatic imine (C=N–C) groups is 1.